The first-order valence-electron chi connectivity index (χ1n) is 7.60. The highest BCUT2D eigenvalue weighted by atomic mass is 32.2. The summed E-state index contributed by atoms with van der Waals surface area (Å²) in [6.07, 6.45) is 1.84. The normalized spacial score (nSPS) is 17.0. The maximum atomic E-state index is 12.3. The summed E-state index contributed by atoms with van der Waals surface area (Å²) in [4.78, 5) is 47.9. The molecule has 1 fully saturated rings. The quantitative estimate of drug-likeness (QED) is 0.612. The van der Waals surface area contributed by atoms with Crippen molar-refractivity contribution >= 4 is 40.9 Å². The first-order valence-corrected chi connectivity index (χ1v) is 8.41. The van der Waals surface area contributed by atoms with Crippen LogP contribution in [0.5, 0.6) is 0 Å². The maximum Gasteiger partial charge on any atom is 0.335 e. The summed E-state index contributed by atoms with van der Waals surface area (Å²) in [5.74, 6) is -2.26. The Hall–Kier alpha value is -2.61. The van der Waals surface area contributed by atoms with Gasteiger partial charge in [0, 0.05) is 0 Å². The number of hydrogen-bond donors (Lipinski definition) is 1. The molecule has 1 N–H and O–H groups in total. The zero-order valence-corrected chi connectivity index (χ0v) is 14.5. The lowest BCUT2D eigenvalue weighted by Crippen LogP contribution is -2.35. The molecule has 25 heavy (non-hydrogen) atoms. The molecule has 1 atom stereocenters. The summed E-state index contributed by atoms with van der Waals surface area (Å²) in [5, 5.41) is 8.32. The van der Waals surface area contributed by atoms with Crippen molar-refractivity contribution in [3.63, 3.8) is 0 Å². The molecule has 1 aromatic carbocycles. The van der Waals surface area contributed by atoms with Crippen LogP contribution in [0.3, 0.4) is 0 Å². The van der Waals surface area contributed by atoms with Crippen LogP contribution in [0.15, 0.2) is 29.2 Å². The molecule has 132 valence electrons. The van der Waals surface area contributed by atoms with Crippen LogP contribution in [0, 0.1) is 0 Å². The Balaban J connectivity index is 2.09. The topological polar surface area (TPSA) is 101 Å². The molecule has 2 amide bonds. The summed E-state index contributed by atoms with van der Waals surface area (Å²) in [5.41, 5.74) is 0.704. The van der Waals surface area contributed by atoms with Crippen molar-refractivity contribution in [2.75, 3.05) is 6.54 Å². The Morgan fingerprint density at radius 3 is 2.48 bits per heavy atom. The molecule has 1 aromatic rings. The average molecular weight is 363 g/mol. The lowest BCUT2D eigenvalue weighted by atomic mass is 10.1. The van der Waals surface area contributed by atoms with Crippen LogP contribution in [0.25, 0.3) is 6.08 Å². The molecular weight excluding hydrogens is 346 g/mol. The van der Waals surface area contributed by atoms with Gasteiger partial charge in [0.15, 0.2) is 0 Å². The number of thioether (sulfide) groups is 1. The second-order valence-corrected chi connectivity index (χ2v) is 6.40. The number of carboxylic acid groups (broad SMARTS) is 1. The lowest BCUT2D eigenvalue weighted by molar-refractivity contribution is -0.150. The van der Waals surface area contributed by atoms with Crippen LogP contribution in [0.2, 0.25) is 0 Å². The van der Waals surface area contributed by atoms with Crippen LogP contribution in [-0.2, 0) is 14.3 Å². The van der Waals surface area contributed by atoms with Crippen molar-refractivity contribution in [1.29, 1.82) is 0 Å². The van der Waals surface area contributed by atoms with E-state index < -0.39 is 29.6 Å². The van der Waals surface area contributed by atoms with Crippen molar-refractivity contribution in [2.45, 2.75) is 26.4 Å². The molecule has 7 nitrogen and oxygen atoms in total. The van der Waals surface area contributed by atoms with Crippen LogP contribution in [0.1, 0.15) is 36.2 Å². The zero-order chi connectivity index (χ0) is 18.6. The van der Waals surface area contributed by atoms with Gasteiger partial charge in [-0.05, 0) is 48.9 Å². The monoisotopic (exact) mass is 363 g/mol. The van der Waals surface area contributed by atoms with Gasteiger partial charge in [-0.15, -0.1) is 0 Å². The number of ether oxygens (including phenoxy) is 1. The maximum absolute atomic E-state index is 12.3. The number of hydrogen-bond acceptors (Lipinski definition) is 6. The van der Waals surface area contributed by atoms with E-state index in [2.05, 4.69) is 0 Å². The van der Waals surface area contributed by atoms with Crippen molar-refractivity contribution < 1.29 is 29.0 Å². The van der Waals surface area contributed by atoms with E-state index in [-0.39, 0.29) is 16.6 Å². The fourth-order valence-electron chi connectivity index (χ4n) is 1.98. The third kappa shape index (κ3) is 4.69. The second-order valence-electron chi connectivity index (χ2n) is 5.40. The van der Waals surface area contributed by atoms with E-state index in [1.54, 1.807) is 6.92 Å². The van der Waals surface area contributed by atoms with Gasteiger partial charge >= 0.3 is 11.9 Å². The van der Waals surface area contributed by atoms with Crippen molar-refractivity contribution in [3.8, 4) is 0 Å². The number of carboxylic acids is 1. The summed E-state index contributed by atoms with van der Waals surface area (Å²) in [6.45, 7) is 3.16. The van der Waals surface area contributed by atoms with E-state index in [0.717, 1.165) is 16.7 Å². The molecule has 0 aliphatic carbocycles. The van der Waals surface area contributed by atoms with Crippen molar-refractivity contribution in [3.05, 3.63) is 40.3 Å². The molecule has 0 aromatic heterocycles. The molecule has 1 aliphatic rings. The smallest absolute Gasteiger partial charge is 0.335 e. The van der Waals surface area contributed by atoms with Crippen molar-refractivity contribution in [2.24, 2.45) is 0 Å². The van der Waals surface area contributed by atoms with Crippen LogP contribution >= 0.6 is 11.8 Å². The summed E-state index contributed by atoms with van der Waals surface area (Å²) in [7, 11) is 0. The number of imide groups is 1. The number of nitrogens with zero attached hydrogens (tertiary/aromatic N) is 1. The number of esters is 1. The van der Waals surface area contributed by atoms with Gasteiger partial charge in [-0.25, -0.2) is 4.79 Å². The number of rotatable bonds is 6. The molecule has 1 heterocycles. The predicted octanol–water partition coefficient (Wildman–Crippen LogP) is 2.76. The molecule has 0 saturated carbocycles. The SMILES string of the molecule is CC[C@@H](C)OC(=O)CN1C(=O)S/C(=C\c2ccc(C(=O)O)cc2)C1=O. The fourth-order valence-corrected chi connectivity index (χ4v) is 2.82. The minimum atomic E-state index is -1.05. The van der Waals surface area contributed by atoms with Gasteiger partial charge in [-0.3, -0.25) is 19.3 Å². The van der Waals surface area contributed by atoms with Gasteiger partial charge in [-0.1, -0.05) is 19.1 Å². The van der Waals surface area contributed by atoms with Gasteiger partial charge in [0.25, 0.3) is 11.1 Å². The molecule has 0 spiro atoms. The van der Waals surface area contributed by atoms with E-state index in [9.17, 15) is 19.2 Å². The molecule has 0 unspecified atom stereocenters. The van der Waals surface area contributed by atoms with Crippen LogP contribution in [0.4, 0.5) is 4.79 Å². The Morgan fingerprint density at radius 1 is 1.28 bits per heavy atom. The van der Waals surface area contributed by atoms with Crippen molar-refractivity contribution in [1.82, 2.24) is 4.90 Å². The van der Waals surface area contributed by atoms with Crippen LogP contribution in [-0.4, -0.2) is 45.7 Å². The van der Waals surface area contributed by atoms with Gasteiger partial charge in [0.2, 0.25) is 0 Å². The Bertz CT molecular complexity index is 740. The molecule has 8 heteroatoms. The van der Waals surface area contributed by atoms with E-state index in [1.807, 2.05) is 6.92 Å². The predicted molar refractivity (Wildman–Crippen MR) is 91.9 cm³/mol. The number of carbonyl (C=O) groups is 4. The van der Waals surface area contributed by atoms with Gasteiger partial charge < -0.3 is 9.84 Å². The summed E-state index contributed by atoms with van der Waals surface area (Å²) < 4.78 is 5.08. The summed E-state index contributed by atoms with van der Waals surface area (Å²) in [6, 6.07) is 5.88. The number of carbonyl (C=O) groups excluding carboxylic acids is 3. The first-order chi connectivity index (χ1) is 11.8. The van der Waals surface area contributed by atoms with Gasteiger partial charge in [0.1, 0.15) is 6.54 Å². The number of aromatic carboxylic acids is 1. The lowest BCUT2D eigenvalue weighted by Gasteiger charge is -2.14. The standard InChI is InChI=1S/C17H17NO6S/c1-3-10(2)24-14(19)9-18-15(20)13(25-17(18)23)8-11-4-6-12(7-5-11)16(21)22/h4-8,10H,3,9H2,1-2H3,(H,21,22)/b13-8-/t10-/m1/s1. The largest absolute Gasteiger partial charge is 0.478 e. The Morgan fingerprint density at radius 2 is 1.92 bits per heavy atom. The highest BCUT2D eigenvalue weighted by molar-refractivity contribution is 8.18. The van der Waals surface area contributed by atoms with Gasteiger partial charge in [0.05, 0.1) is 16.6 Å². The van der Waals surface area contributed by atoms with E-state index >= 15 is 0 Å². The van der Waals surface area contributed by atoms with E-state index in [1.165, 1.54) is 30.3 Å². The van der Waals surface area contributed by atoms with Crippen LogP contribution < -0.4 is 0 Å². The molecule has 1 saturated heterocycles. The number of amides is 2. The first kappa shape index (κ1) is 18.7. The van der Waals surface area contributed by atoms with E-state index in [4.69, 9.17) is 9.84 Å². The molecule has 0 bridgehead atoms. The Labute approximate surface area is 148 Å². The zero-order valence-electron chi connectivity index (χ0n) is 13.7. The third-order valence-electron chi connectivity index (χ3n) is 3.52. The molecule has 0 radical (unpaired) electrons. The highest BCUT2D eigenvalue weighted by Gasteiger charge is 2.36. The molecular formula is C17H17NO6S. The number of benzene rings is 1. The van der Waals surface area contributed by atoms with E-state index in [0.29, 0.717) is 12.0 Å². The third-order valence-corrected chi connectivity index (χ3v) is 4.43. The van der Waals surface area contributed by atoms with Gasteiger partial charge in [-0.2, -0.15) is 0 Å². The minimum absolute atomic E-state index is 0.123. The Kier molecular flexibility index (Phi) is 5.97. The average Bonchev–Trinajstić information content (AvgIpc) is 2.82. The highest BCUT2D eigenvalue weighted by Crippen LogP contribution is 2.32. The fraction of sp³-hybridized carbons (Fsp3) is 0.294. The molecule has 2 rings (SSSR count). The minimum Gasteiger partial charge on any atom is -0.478 e. The summed E-state index contributed by atoms with van der Waals surface area (Å²) >= 11 is 0.728. The molecule has 1 aliphatic heterocycles. The second kappa shape index (κ2) is 7.98.